The van der Waals surface area contributed by atoms with E-state index in [2.05, 4.69) is 32.3 Å². The van der Waals surface area contributed by atoms with Gasteiger partial charge in [0.05, 0.1) is 5.41 Å². The lowest BCUT2D eigenvalue weighted by Gasteiger charge is -2.50. The van der Waals surface area contributed by atoms with Gasteiger partial charge in [-0.15, -0.1) is 0 Å². The van der Waals surface area contributed by atoms with E-state index in [1.807, 2.05) is 30.3 Å². The lowest BCUT2D eigenvalue weighted by atomic mass is 9.73. The number of carbonyl (C=O) groups is 1. The van der Waals surface area contributed by atoms with E-state index >= 15 is 0 Å². The topological polar surface area (TPSA) is 58.1 Å². The van der Waals surface area contributed by atoms with Crippen LogP contribution in [0.5, 0.6) is 0 Å². The molecule has 1 fully saturated rings. The molecule has 1 aromatic heterocycles. The van der Waals surface area contributed by atoms with Crippen molar-refractivity contribution >= 4 is 23.3 Å². The second kappa shape index (κ2) is 7.69. The van der Waals surface area contributed by atoms with Gasteiger partial charge < -0.3 is 10.2 Å². The molecule has 1 atom stereocenters. The number of nitrogens with zero attached hydrogens (tertiary/aromatic N) is 3. The monoisotopic (exact) mass is 382 g/mol. The van der Waals surface area contributed by atoms with Crippen LogP contribution >= 0.6 is 11.6 Å². The summed E-state index contributed by atoms with van der Waals surface area (Å²) in [6.07, 6.45) is 11.5. The molecule has 0 spiro atoms. The molecule has 5 nitrogen and oxygen atoms in total. The Bertz CT molecular complexity index is 816. The third-order valence-corrected chi connectivity index (χ3v) is 5.64. The molecule has 1 aliphatic carbocycles. The maximum Gasteiger partial charge on any atom is 0.230 e. The van der Waals surface area contributed by atoms with Crippen molar-refractivity contribution in [3.63, 3.8) is 0 Å². The Kier molecular flexibility index (Phi) is 5.12. The van der Waals surface area contributed by atoms with Crippen LogP contribution in [0.1, 0.15) is 24.8 Å². The molecule has 2 aromatic rings. The summed E-state index contributed by atoms with van der Waals surface area (Å²) in [4.78, 5) is 23.7. The Morgan fingerprint density at radius 3 is 2.74 bits per heavy atom. The Balaban J connectivity index is 1.52. The van der Waals surface area contributed by atoms with Crippen LogP contribution < -0.4 is 10.2 Å². The second-order valence-corrected chi connectivity index (χ2v) is 7.88. The number of halogens is 1. The highest BCUT2D eigenvalue weighted by molar-refractivity contribution is 6.30. The maximum atomic E-state index is 13.2. The van der Waals surface area contributed by atoms with E-state index in [1.165, 1.54) is 0 Å². The smallest absolute Gasteiger partial charge is 0.230 e. The lowest BCUT2D eigenvalue weighted by molar-refractivity contribution is -0.133. The van der Waals surface area contributed by atoms with Gasteiger partial charge in [0, 0.05) is 30.4 Å². The van der Waals surface area contributed by atoms with Crippen molar-refractivity contribution in [2.24, 2.45) is 5.41 Å². The molecule has 4 rings (SSSR count). The zero-order valence-electron chi connectivity index (χ0n) is 15.1. The zero-order chi connectivity index (χ0) is 18.7. The first-order chi connectivity index (χ1) is 13.1. The summed E-state index contributed by atoms with van der Waals surface area (Å²) in [5, 5.41) is 3.96. The van der Waals surface area contributed by atoms with Gasteiger partial charge in [-0.05, 0) is 49.4 Å². The number of allylic oxidation sites excluding steroid dienone is 1. The molecule has 1 N–H and O–H groups in total. The number of anilines is 1. The van der Waals surface area contributed by atoms with Gasteiger partial charge in [0.2, 0.25) is 5.91 Å². The largest absolute Gasteiger partial charge is 0.354 e. The molecule has 2 heterocycles. The summed E-state index contributed by atoms with van der Waals surface area (Å²) < 4.78 is 0. The Labute approximate surface area is 164 Å². The van der Waals surface area contributed by atoms with Crippen LogP contribution in [0.2, 0.25) is 5.02 Å². The predicted molar refractivity (Wildman–Crippen MR) is 107 cm³/mol. The normalized spacial score (nSPS) is 20.8. The highest BCUT2D eigenvalue weighted by Gasteiger charge is 2.50. The number of rotatable bonds is 5. The van der Waals surface area contributed by atoms with Crippen molar-refractivity contribution in [1.82, 2.24) is 15.3 Å². The molecule has 0 bridgehead atoms. The number of aromatic nitrogens is 2. The van der Waals surface area contributed by atoms with Crippen LogP contribution in [0.4, 0.5) is 5.82 Å². The number of hydrogen-bond acceptors (Lipinski definition) is 4. The molecule has 1 saturated heterocycles. The van der Waals surface area contributed by atoms with E-state index in [0.717, 1.165) is 30.6 Å². The summed E-state index contributed by atoms with van der Waals surface area (Å²) in [6, 6.07) is 9.80. The van der Waals surface area contributed by atoms with Crippen molar-refractivity contribution in [3.05, 3.63) is 65.6 Å². The Hall–Kier alpha value is -2.40. The van der Waals surface area contributed by atoms with Crippen LogP contribution in [0.25, 0.3) is 0 Å². The van der Waals surface area contributed by atoms with Gasteiger partial charge in [0.1, 0.15) is 12.1 Å². The molecular formula is C21H23ClN4O. The average molecular weight is 383 g/mol. The fourth-order valence-corrected chi connectivity index (χ4v) is 4.03. The molecule has 0 radical (unpaired) electrons. The Morgan fingerprint density at radius 1 is 1.26 bits per heavy atom. The maximum absolute atomic E-state index is 13.2. The first-order valence-electron chi connectivity index (χ1n) is 9.38. The molecular weight excluding hydrogens is 360 g/mol. The molecule has 0 saturated carbocycles. The molecule has 6 heteroatoms. The third-order valence-electron chi connectivity index (χ3n) is 5.39. The van der Waals surface area contributed by atoms with E-state index in [-0.39, 0.29) is 11.9 Å². The van der Waals surface area contributed by atoms with Crippen molar-refractivity contribution in [2.45, 2.75) is 31.7 Å². The average Bonchev–Trinajstić information content (AvgIpc) is 2.67. The molecule has 140 valence electrons. The van der Waals surface area contributed by atoms with Gasteiger partial charge in [-0.2, -0.15) is 0 Å². The highest BCUT2D eigenvalue weighted by Crippen LogP contribution is 2.37. The third kappa shape index (κ3) is 3.98. The van der Waals surface area contributed by atoms with E-state index < -0.39 is 5.41 Å². The van der Waals surface area contributed by atoms with Crippen LogP contribution in [-0.4, -0.2) is 35.0 Å². The molecule has 1 aliphatic heterocycles. The molecule has 1 aromatic carbocycles. The van der Waals surface area contributed by atoms with Crippen LogP contribution in [0.3, 0.4) is 0 Å². The van der Waals surface area contributed by atoms with Gasteiger partial charge in [0.25, 0.3) is 0 Å². The number of hydrogen-bond donors (Lipinski definition) is 1. The summed E-state index contributed by atoms with van der Waals surface area (Å²) in [5.74, 6) is 0.987. The second-order valence-electron chi connectivity index (χ2n) is 7.45. The van der Waals surface area contributed by atoms with E-state index in [0.29, 0.717) is 24.5 Å². The SMILES string of the molecule is O=C(NC1C=CCCC1)C1(Cc2ccc(Cl)cc2)CN(c2ccncn2)C1. The van der Waals surface area contributed by atoms with Gasteiger partial charge in [-0.1, -0.05) is 35.9 Å². The van der Waals surface area contributed by atoms with E-state index in [1.54, 1.807) is 12.5 Å². The summed E-state index contributed by atoms with van der Waals surface area (Å²) >= 11 is 6.02. The van der Waals surface area contributed by atoms with Gasteiger partial charge in [-0.25, -0.2) is 9.97 Å². The first-order valence-corrected chi connectivity index (χ1v) is 9.75. The molecule has 2 aliphatic rings. The highest BCUT2D eigenvalue weighted by atomic mass is 35.5. The van der Waals surface area contributed by atoms with Gasteiger partial charge in [0.15, 0.2) is 0 Å². The lowest BCUT2D eigenvalue weighted by Crippen LogP contribution is -2.65. The molecule has 1 unspecified atom stereocenters. The van der Waals surface area contributed by atoms with Crippen molar-refractivity contribution in [2.75, 3.05) is 18.0 Å². The van der Waals surface area contributed by atoms with Crippen LogP contribution in [-0.2, 0) is 11.2 Å². The molecule has 27 heavy (non-hydrogen) atoms. The number of amides is 1. The minimum Gasteiger partial charge on any atom is -0.354 e. The number of nitrogens with one attached hydrogen (secondary N) is 1. The van der Waals surface area contributed by atoms with Gasteiger partial charge >= 0.3 is 0 Å². The summed E-state index contributed by atoms with van der Waals surface area (Å²) in [6.45, 7) is 1.30. The summed E-state index contributed by atoms with van der Waals surface area (Å²) in [5.41, 5.74) is 0.667. The number of carbonyl (C=O) groups excluding carboxylic acids is 1. The fourth-order valence-electron chi connectivity index (χ4n) is 3.90. The number of benzene rings is 1. The van der Waals surface area contributed by atoms with E-state index in [4.69, 9.17) is 11.6 Å². The standard InChI is InChI=1S/C21H23ClN4O/c22-17-8-6-16(7-9-17)12-21(20(27)25-18-4-2-1-3-5-18)13-26(14-21)19-10-11-23-15-24-19/h2,4,6-11,15,18H,1,3,5,12-14H2,(H,25,27). The van der Waals surface area contributed by atoms with Crippen LogP contribution in [0, 0.1) is 5.41 Å². The minimum absolute atomic E-state index is 0.124. The minimum atomic E-state index is -0.454. The van der Waals surface area contributed by atoms with E-state index in [9.17, 15) is 4.79 Å². The van der Waals surface area contributed by atoms with Crippen molar-refractivity contribution in [3.8, 4) is 0 Å². The summed E-state index contributed by atoms with van der Waals surface area (Å²) in [7, 11) is 0. The van der Waals surface area contributed by atoms with Crippen molar-refractivity contribution < 1.29 is 4.79 Å². The Morgan fingerprint density at radius 2 is 2.07 bits per heavy atom. The predicted octanol–water partition coefficient (Wildman–Crippen LogP) is 3.40. The fraction of sp³-hybridized carbons (Fsp3) is 0.381. The quantitative estimate of drug-likeness (QED) is 0.805. The van der Waals surface area contributed by atoms with Crippen molar-refractivity contribution in [1.29, 1.82) is 0 Å². The first kappa shape index (κ1) is 18.0. The molecule has 1 amide bonds. The zero-order valence-corrected chi connectivity index (χ0v) is 15.9. The van der Waals surface area contributed by atoms with Gasteiger partial charge in [-0.3, -0.25) is 4.79 Å². The van der Waals surface area contributed by atoms with Crippen LogP contribution in [0.15, 0.2) is 55.0 Å².